The fraction of sp³-hybridized carbons (Fsp3) is 0.667. The molecule has 0 aromatic rings. The first-order chi connectivity index (χ1) is 5.26. The first kappa shape index (κ1) is 10.2. The zero-order chi connectivity index (χ0) is 8.69. The molecule has 0 aromatic carbocycles. The fourth-order valence-electron chi connectivity index (χ4n) is 0.977. The number of rotatable bonds is 5. The van der Waals surface area contributed by atoms with Gasteiger partial charge in [0.2, 0.25) is 5.91 Å². The van der Waals surface area contributed by atoms with Crippen LogP contribution >= 0.6 is 0 Å². The average Bonchev–Trinajstić information content (AvgIpc) is 2.03. The topological polar surface area (TPSA) is 29.1 Å². The number of amides is 1. The zero-order valence-electron chi connectivity index (χ0n) is 7.39. The third-order valence-corrected chi connectivity index (χ3v) is 1.78. The van der Waals surface area contributed by atoms with Crippen LogP contribution in [0, 0.1) is 5.92 Å². The molecule has 2 nitrogen and oxygen atoms in total. The third-order valence-electron chi connectivity index (χ3n) is 1.78. The Balaban J connectivity index is 3.69. The SMILES string of the molecule is C=CCNC(=O)C(CC)CC. The Hall–Kier alpha value is -0.790. The van der Waals surface area contributed by atoms with Crippen molar-refractivity contribution in [3.05, 3.63) is 12.7 Å². The van der Waals surface area contributed by atoms with E-state index in [-0.39, 0.29) is 11.8 Å². The molecule has 0 bridgehead atoms. The van der Waals surface area contributed by atoms with E-state index in [1.165, 1.54) is 0 Å². The fourth-order valence-corrected chi connectivity index (χ4v) is 0.977. The predicted molar refractivity (Wildman–Crippen MR) is 47.3 cm³/mol. The Kier molecular flexibility index (Phi) is 5.53. The van der Waals surface area contributed by atoms with Crippen molar-refractivity contribution >= 4 is 5.91 Å². The summed E-state index contributed by atoms with van der Waals surface area (Å²) in [5, 5.41) is 2.78. The number of carbonyl (C=O) groups is 1. The molecule has 0 unspecified atom stereocenters. The maximum absolute atomic E-state index is 11.2. The van der Waals surface area contributed by atoms with E-state index < -0.39 is 0 Å². The molecule has 0 radical (unpaired) electrons. The van der Waals surface area contributed by atoms with Crippen molar-refractivity contribution in [2.45, 2.75) is 26.7 Å². The van der Waals surface area contributed by atoms with Gasteiger partial charge in [-0.25, -0.2) is 0 Å². The van der Waals surface area contributed by atoms with Crippen LogP contribution in [0.1, 0.15) is 26.7 Å². The van der Waals surface area contributed by atoms with Gasteiger partial charge >= 0.3 is 0 Å². The second kappa shape index (κ2) is 5.96. The highest BCUT2D eigenvalue weighted by molar-refractivity contribution is 5.78. The number of carbonyl (C=O) groups excluding carboxylic acids is 1. The van der Waals surface area contributed by atoms with Crippen molar-refractivity contribution < 1.29 is 4.79 Å². The molecule has 11 heavy (non-hydrogen) atoms. The zero-order valence-corrected chi connectivity index (χ0v) is 7.39. The van der Waals surface area contributed by atoms with Crippen LogP contribution in [-0.2, 0) is 4.79 Å². The molecule has 0 saturated heterocycles. The van der Waals surface area contributed by atoms with Gasteiger partial charge in [0.1, 0.15) is 0 Å². The number of hydrogen-bond donors (Lipinski definition) is 1. The molecule has 0 atom stereocenters. The number of hydrogen-bond acceptors (Lipinski definition) is 1. The van der Waals surface area contributed by atoms with Crippen LogP contribution in [0.15, 0.2) is 12.7 Å². The van der Waals surface area contributed by atoms with Crippen LogP contribution in [0.5, 0.6) is 0 Å². The van der Waals surface area contributed by atoms with E-state index in [1.807, 2.05) is 13.8 Å². The van der Waals surface area contributed by atoms with Crippen molar-refractivity contribution in [1.29, 1.82) is 0 Å². The Morgan fingerprint density at radius 3 is 2.45 bits per heavy atom. The van der Waals surface area contributed by atoms with Crippen LogP contribution in [0.4, 0.5) is 0 Å². The summed E-state index contributed by atoms with van der Waals surface area (Å²) in [6.45, 7) is 8.17. The lowest BCUT2D eigenvalue weighted by molar-refractivity contribution is -0.124. The van der Waals surface area contributed by atoms with Gasteiger partial charge in [0.05, 0.1) is 0 Å². The second-order valence-corrected chi connectivity index (χ2v) is 2.55. The van der Waals surface area contributed by atoms with E-state index in [0.29, 0.717) is 6.54 Å². The summed E-state index contributed by atoms with van der Waals surface area (Å²) in [4.78, 5) is 11.2. The average molecular weight is 155 g/mol. The summed E-state index contributed by atoms with van der Waals surface area (Å²) in [7, 11) is 0. The largest absolute Gasteiger partial charge is 0.352 e. The molecule has 0 aliphatic rings. The maximum Gasteiger partial charge on any atom is 0.223 e. The predicted octanol–water partition coefficient (Wildman–Crippen LogP) is 1.72. The van der Waals surface area contributed by atoms with Crippen molar-refractivity contribution in [3.63, 3.8) is 0 Å². The minimum atomic E-state index is 0.148. The molecular formula is C9H17NO. The highest BCUT2D eigenvalue weighted by Gasteiger charge is 2.11. The summed E-state index contributed by atoms with van der Waals surface area (Å²) in [6, 6.07) is 0. The molecule has 1 N–H and O–H groups in total. The van der Waals surface area contributed by atoms with Gasteiger partial charge in [0.15, 0.2) is 0 Å². The van der Waals surface area contributed by atoms with E-state index in [4.69, 9.17) is 0 Å². The standard InChI is InChI=1S/C9H17NO/c1-4-7-10-9(11)8(5-2)6-3/h4,8H,1,5-7H2,2-3H3,(H,10,11). The van der Waals surface area contributed by atoms with Crippen molar-refractivity contribution in [1.82, 2.24) is 5.32 Å². The molecule has 0 fully saturated rings. The van der Waals surface area contributed by atoms with E-state index in [0.717, 1.165) is 12.8 Å². The summed E-state index contributed by atoms with van der Waals surface area (Å²) in [6.07, 6.45) is 3.53. The third kappa shape index (κ3) is 3.81. The molecule has 0 saturated carbocycles. The minimum absolute atomic E-state index is 0.148. The monoisotopic (exact) mass is 155 g/mol. The van der Waals surface area contributed by atoms with Gasteiger partial charge in [-0.05, 0) is 12.8 Å². The molecule has 64 valence electrons. The van der Waals surface area contributed by atoms with Gasteiger partial charge in [-0.3, -0.25) is 4.79 Å². The molecule has 0 spiro atoms. The Morgan fingerprint density at radius 1 is 1.55 bits per heavy atom. The second-order valence-electron chi connectivity index (χ2n) is 2.55. The Bertz CT molecular complexity index is 128. The van der Waals surface area contributed by atoms with Crippen molar-refractivity contribution in [2.75, 3.05) is 6.54 Å². The molecular weight excluding hydrogens is 138 g/mol. The van der Waals surface area contributed by atoms with E-state index in [9.17, 15) is 4.79 Å². The highest BCUT2D eigenvalue weighted by atomic mass is 16.1. The summed E-state index contributed by atoms with van der Waals surface area (Å²) < 4.78 is 0. The molecule has 0 aromatic heterocycles. The minimum Gasteiger partial charge on any atom is -0.352 e. The Labute approximate surface area is 68.7 Å². The molecule has 0 aliphatic carbocycles. The van der Waals surface area contributed by atoms with Gasteiger partial charge in [-0.15, -0.1) is 6.58 Å². The van der Waals surface area contributed by atoms with Gasteiger partial charge in [0, 0.05) is 12.5 Å². The van der Waals surface area contributed by atoms with Crippen LogP contribution in [-0.4, -0.2) is 12.5 Å². The van der Waals surface area contributed by atoms with Gasteiger partial charge < -0.3 is 5.32 Å². The van der Waals surface area contributed by atoms with E-state index >= 15 is 0 Å². The van der Waals surface area contributed by atoms with Crippen molar-refractivity contribution in [3.8, 4) is 0 Å². The maximum atomic E-state index is 11.2. The molecule has 0 aliphatic heterocycles. The van der Waals surface area contributed by atoms with Crippen LogP contribution < -0.4 is 5.32 Å². The van der Waals surface area contributed by atoms with Gasteiger partial charge in [-0.2, -0.15) is 0 Å². The van der Waals surface area contributed by atoms with Gasteiger partial charge in [0.25, 0.3) is 0 Å². The molecule has 0 heterocycles. The molecule has 2 heteroatoms. The normalized spacial score (nSPS) is 9.73. The van der Waals surface area contributed by atoms with E-state index in [2.05, 4.69) is 11.9 Å². The first-order valence-electron chi connectivity index (χ1n) is 4.14. The lowest BCUT2D eigenvalue weighted by Crippen LogP contribution is -2.29. The Morgan fingerprint density at radius 2 is 2.09 bits per heavy atom. The van der Waals surface area contributed by atoms with Crippen LogP contribution in [0.25, 0.3) is 0 Å². The molecule has 0 rings (SSSR count). The molecule has 1 amide bonds. The lowest BCUT2D eigenvalue weighted by atomic mass is 10.0. The first-order valence-corrected chi connectivity index (χ1v) is 4.14. The smallest absolute Gasteiger partial charge is 0.223 e. The number of nitrogens with one attached hydrogen (secondary N) is 1. The quantitative estimate of drug-likeness (QED) is 0.602. The van der Waals surface area contributed by atoms with E-state index in [1.54, 1.807) is 6.08 Å². The highest BCUT2D eigenvalue weighted by Crippen LogP contribution is 2.06. The summed E-state index contributed by atoms with van der Waals surface area (Å²) >= 11 is 0. The summed E-state index contributed by atoms with van der Waals surface area (Å²) in [5.41, 5.74) is 0. The van der Waals surface area contributed by atoms with Crippen molar-refractivity contribution in [2.24, 2.45) is 5.92 Å². The summed E-state index contributed by atoms with van der Waals surface area (Å²) in [5.74, 6) is 0.324. The van der Waals surface area contributed by atoms with Crippen LogP contribution in [0.3, 0.4) is 0 Å². The lowest BCUT2D eigenvalue weighted by Gasteiger charge is -2.10. The van der Waals surface area contributed by atoms with Gasteiger partial charge in [-0.1, -0.05) is 19.9 Å². The van der Waals surface area contributed by atoms with Crippen LogP contribution in [0.2, 0.25) is 0 Å².